The molecular formula is C19H14F3N3O3. The van der Waals surface area contributed by atoms with Crippen LogP contribution in [0.5, 0.6) is 0 Å². The van der Waals surface area contributed by atoms with Crippen molar-refractivity contribution in [3.05, 3.63) is 70.5 Å². The first-order valence-corrected chi connectivity index (χ1v) is 8.07. The fourth-order valence-corrected chi connectivity index (χ4v) is 2.68. The van der Waals surface area contributed by atoms with E-state index in [2.05, 4.69) is 19.7 Å². The lowest BCUT2D eigenvalue weighted by Gasteiger charge is -2.12. The topological polar surface area (TPSA) is 84.9 Å². The van der Waals surface area contributed by atoms with Gasteiger partial charge in [0.05, 0.1) is 24.9 Å². The zero-order chi connectivity index (χ0) is 20.3. The summed E-state index contributed by atoms with van der Waals surface area (Å²) in [7, 11) is 1.25. The van der Waals surface area contributed by atoms with Gasteiger partial charge in [0.25, 0.3) is 0 Å². The number of alkyl halides is 3. The number of hydrogen-bond acceptors (Lipinski definition) is 5. The highest BCUT2D eigenvalue weighted by atomic mass is 19.4. The summed E-state index contributed by atoms with van der Waals surface area (Å²) in [5.41, 5.74) is -0.613. The largest absolute Gasteiger partial charge is 0.469 e. The first-order valence-electron chi connectivity index (χ1n) is 8.07. The molecule has 0 fully saturated rings. The van der Waals surface area contributed by atoms with Gasteiger partial charge in [0.1, 0.15) is 0 Å². The van der Waals surface area contributed by atoms with Crippen LogP contribution in [0.4, 0.5) is 13.2 Å². The lowest BCUT2D eigenvalue weighted by molar-refractivity contribution is -0.141. The fourth-order valence-electron chi connectivity index (χ4n) is 2.68. The number of hydrogen-bond donors (Lipinski definition) is 1. The zero-order valence-electron chi connectivity index (χ0n) is 14.6. The number of aromatic amines is 1. The zero-order valence-corrected chi connectivity index (χ0v) is 14.6. The van der Waals surface area contributed by atoms with Crippen molar-refractivity contribution in [1.29, 1.82) is 0 Å². The monoisotopic (exact) mass is 389 g/mol. The quantitative estimate of drug-likeness (QED) is 0.693. The maximum absolute atomic E-state index is 13.3. The molecule has 0 unspecified atom stereocenters. The lowest BCUT2D eigenvalue weighted by Crippen LogP contribution is -2.12. The van der Waals surface area contributed by atoms with Crippen molar-refractivity contribution in [1.82, 2.24) is 15.0 Å². The number of ether oxygens (including phenoxy) is 1. The van der Waals surface area contributed by atoms with E-state index < -0.39 is 23.4 Å². The van der Waals surface area contributed by atoms with E-state index >= 15 is 0 Å². The van der Waals surface area contributed by atoms with Gasteiger partial charge in [-0.2, -0.15) is 13.2 Å². The molecule has 0 amide bonds. The average Bonchev–Trinajstić information content (AvgIpc) is 2.67. The van der Waals surface area contributed by atoms with Crippen molar-refractivity contribution >= 4 is 5.97 Å². The van der Waals surface area contributed by atoms with Gasteiger partial charge in [-0.1, -0.05) is 0 Å². The number of aromatic nitrogens is 3. The normalized spacial score (nSPS) is 11.3. The minimum Gasteiger partial charge on any atom is -0.469 e. The van der Waals surface area contributed by atoms with Crippen LogP contribution in [0.2, 0.25) is 0 Å². The Hall–Kier alpha value is -3.49. The second kappa shape index (κ2) is 7.63. The summed E-state index contributed by atoms with van der Waals surface area (Å²) < 4.78 is 44.4. The van der Waals surface area contributed by atoms with Gasteiger partial charge in [-0.15, -0.1) is 0 Å². The van der Waals surface area contributed by atoms with Crippen LogP contribution in [0.25, 0.3) is 22.4 Å². The second-order valence-electron chi connectivity index (χ2n) is 5.83. The van der Waals surface area contributed by atoms with Gasteiger partial charge in [0, 0.05) is 24.0 Å². The Balaban J connectivity index is 2.09. The van der Waals surface area contributed by atoms with Crippen LogP contribution in [0.15, 0.2) is 53.6 Å². The molecule has 3 aromatic rings. The molecule has 1 N–H and O–H groups in total. The third-order valence-electron chi connectivity index (χ3n) is 3.91. The van der Waals surface area contributed by atoms with Crippen molar-refractivity contribution in [2.45, 2.75) is 12.6 Å². The first-order chi connectivity index (χ1) is 13.3. The van der Waals surface area contributed by atoms with E-state index in [0.717, 1.165) is 6.20 Å². The van der Waals surface area contributed by atoms with E-state index in [-0.39, 0.29) is 17.7 Å². The van der Waals surface area contributed by atoms with Crippen molar-refractivity contribution in [3.63, 3.8) is 0 Å². The Morgan fingerprint density at radius 3 is 2.61 bits per heavy atom. The van der Waals surface area contributed by atoms with Crippen LogP contribution in [0, 0.1) is 0 Å². The molecule has 3 rings (SSSR count). The number of nitrogens with one attached hydrogen (secondary N) is 1. The number of rotatable bonds is 4. The Morgan fingerprint density at radius 1 is 1.11 bits per heavy atom. The number of methoxy groups -OCH3 is 1. The molecule has 0 aromatic carbocycles. The highest BCUT2D eigenvalue weighted by molar-refractivity contribution is 5.74. The van der Waals surface area contributed by atoms with E-state index in [9.17, 15) is 22.8 Å². The molecule has 0 radical (unpaired) electrons. The third kappa shape index (κ3) is 4.25. The fraction of sp³-hybridized carbons (Fsp3) is 0.158. The molecule has 6 nitrogen and oxygen atoms in total. The minimum absolute atomic E-state index is 0.0192. The molecule has 0 saturated carbocycles. The average molecular weight is 389 g/mol. The Labute approximate surface area is 157 Å². The molecule has 0 bridgehead atoms. The molecular weight excluding hydrogens is 375 g/mol. The summed E-state index contributed by atoms with van der Waals surface area (Å²) in [4.78, 5) is 33.4. The molecule has 9 heteroatoms. The highest BCUT2D eigenvalue weighted by Crippen LogP contribution is 2.35. The molecule has 3 aromatic heterocycles. The van der Waals surface area contributed by atoms with Crippen LogP contribution in [0.1, 0.15) is 11.4 Å². The predicted octanol–water partition coefficient (Wildman–Crippen LogP) is 3.23. The summed E-state index contributed by atoms with van der Waals surface area (Å²) in [6.07, 6.45) is -2.26. The molecule has 0 aliphatic carbocycles. The van der Waals surface area contributed by atoms with E-state index in [0.29, 0.717) is 16.8 Å². The summed E-state index contributed by atoms with van der Waals surface area (Å²) in [5, 5.41) is 0. The predicted molar refractivity (Wildman–Crippen MR) is 94.2 cm³/mol. The molecule has 0 atom stereocenters. The van der Waals surface area contributed by atoms with Crippen LogP contribution in [0.3, 0.4) is 0 Å². The molecule has 0 aliphatic rings. The van der Waals surface area contributed by atoms with E-state index in [1.54, 1.807) is 12.1 Å². The summed E-state index contributed by atoms with van der Waals surface area (Å²) in [6, 6.07) is 8.43. The number of carbonyl (C=O) groups is 1. The molecule has 144 valence electrons. The van der Waals surface area contributed by atoms with Gasteiger partial charge < -0.3 is 9.72 Å². The molecule has 0 saturated heterocycles. The van der Waals surface area contributed by atoms with Gasteiger partial charge >= 0.3 is 12.1 Å². The number of H-pyrrole nitrogens is 1. The van der Waals surface area contributed by atoms with Gasteiger partial charge in [-0.3, -0.25) is 19.6 Å². The number of carbonyl (C=O) groups excluding carboxylic acids is 1. The Morgan fingerprint density at radius 2 is 1.89 bits per heavy atom. The van der Waals surface area contributed by atoms with E-state index in [1.165, 1.54) is 37.6 Å². The molecule has 0 spiro atoms. The number of esters is 1. The molecule has 0 aliphatic heterocycles. The van der Waals surface area contributed by atoms with Gasteiger partial charge in [0.2, 0.25) is 5.56 Å². The Kier molecular flexibility index (Phi) is 5.25. The van der Waals surface area contributed by atoms with Crippen molar-refractivity contribution in [2.75, 3.05) is 7.11 Å². The molecule has 3 heterocycles. The van der Waals surface area contributed by atoms with Gasteiger partial charge in [0.15, 0.2) is 5.69 Å². The van der Waals surface area contributed by atoms with Crippen molar-refractivity contribution in [3.8, 4) is 22.4 Å². The SMILES string of the molecule is COC(=O)Cc1cc(-c2cc(-c3cccnc3C(F)(F)F)[nH]c(=O)c2)ccn1. The maximum atomic E-state index is 13.3. The lowest BCUT2D eigenvalue weighted by atomic mass is 10.0. The standard InChI is InChI=1S/C19H14F3N3O3/c1-28-17(27)10-13-7-11(4-6-23-13)12-8-15(25-16(26)9-12)14-3-2-5-24-18(14)19(20,21)22/h2-9H,10H2,1H3,(H,25,26). The highest BCUT2D eigenvalue weighted by Gasteiger charge is 2.35. The van der Waals surface area contributed by atoms with Crippen LogP contribution < -0.4 is 5.56 Å². The van der Waals surface area contributed by atoms with Gasteiger partial charge in [-0.05, 0) is 41.5 Å². The van der Waals surface area contributed by atoms with Crippen molar-refractivity contribution in [2.24, 2.45) is 0 Å². The first kappa shape index (κ1) is 19.3. The Bertz CT molecular complexity index is 1080. The number of nitrogens with zero attached hydrogens (tertiary/aromatic N) is 2. The third-order valence-corrected chi connectivity index (χ3v) is 3.91. The van der Waals surface area contributed by atoms with Gasteiger partial charge in [-0.25, -0.2) is 0 Å². The minimum atomic E-state index is -4.67. The maximum Gasteiger partial charge on any atom is 0.434 e. The van der Waals surface area contributed by atoms with E-state index in [1.807, 2.05) is 0 Å². The van der Waals surface area contributed by atoms with Crippen molar-refractivity contribution < 1.29 is 22.7 Å². The smallest absolute Gasteiger partial charge is 0.434 e. The van der Waals surface area contributed by atoms with Crippen LogP contribution in [-0.2, 0) is 22.1 Å². The summed E-state index contributed by atoms with van der Waals surface area (Å²) in [6.45, 7) is 0. The summed E-state index contributed by atoms with van der Waals surface area (Å²) >= 11 is 0. The van der Waals surface area contributed by atoms with E-state index in [4.69, 9.17) is 0 Å². The second-order valence-corrected chi connectivity index (χ2v) is 5.83. The number of pyridine rings is 3. The van der Waals surface area contributed by atoms with Crippen LogP contribution in [-0.4, -0.2) is 28.0 Å². The summed E-state index contributed by atoms with van der Waals surface area (Å²) in [5.74, 6) is -0.485. The van der Waals surface area contributed by atoms with Crippen LogP contribution >= 0.6 is 0 Å². The molecule has 28 heavy (non-hydrogen) atoms. The number of halogens is 3.